The minimum Gasteiger partial charge on any atom is -0.481 e. The van der Waals surface area contributed by atoms with Crippen molar-refractivity contribution in [1.82, 2.24) is 4.72 Å². The highest BCUT2D eigenvalue weighted by atomic mass is 32.2. The Morgan fingerprint density at radius 1 is 1.15 bits per heavy atom. The Morgan fingerprint density at radius 3 is 2.41 bits per heavy atom. The van der Waals surface area contributed by atoms with Gasteiger partial charge in [-0.05, 0) is 77.7 Å². The summed E-state index contributed by atoms with van der Waals surface area (Å²) in [6.45, 7) is 1.81. The normalized spacial score (nSPS) is 15.3. The Hall–Kier alpha value is -2.77. The second-order valence-corrected chi connectivity index (χ2v) is 8.09. The van der Waals surface area contributed by atoms with Gasteiger partial charge in [-0.15, -0.1) is 0 Å². The molecule has 27 heavy (non-hydrogen) atoms. The highest BCUT2D eigenvalue weighted by molar-refractivity contribution is 7.89. The summed E-state index contributed by atoms with van der Waals surface area (Å²) in [7, 11) is -2.17. The zero-order chi connectivity index (χ0) is 19.8. The van der Waals surface area contributed by atoms with E-state index in [1.165, 1.54) is 31.3 Å². The summed E-state index contributed by atoms with van der Waals surface area (Å²) in [6, 6.07) is 10.7. The molecule has 0 fully saturated rings. The molecular weight excluding hydrogens is 369 g/mol. The summed E-state index contributed by atoms with van der Waals surface area (Å²) in [4.78, 5) is 11.4. The third-order valence-corrected chi connectivity index (χ3v) is 5.98. The maximum Gasteiger partial charge on any atom is 0.307 e. The summed E-state index contributed by atoms with van der Waals surface area (Å²) in [6.07, 6.45) is 1.65. The van der Waals surface area contributed by atoms with E-state index in [4.69, 9.17) is 0 Å². The summed E-state index contributed by atoms with van der Waals surface area (Å²) in [5.41, 5.74) is 4.24. The molecule has 0 atom stereocenters. The first kappa shape index (κ1) is 19.0. The monoisotopic (exact) mass is 387 g/mol. The van der Waals surface area contributed by atoms with E-state index >= 15 is 0 Å². The van der Waals surface area contributed by atoms with Gasteiger partial charge in [-0.1, -0.05) is 18.2 Å². The Kier molecular flexibility index (Phi) is 4.99. The second-order valence-electron chi connectivity index (χ2n) is 6.20. The molecule has 2 aromatic carbocycles. The Morgan fingerprint density at radius 2 is 1.81 bits per heavy atom. The van der Waals surface area contributed by atoms with Crippen LogP contribution < -0.4 is 4.72 Å². The van der Waals surface area contributed by atoms with Gasteiger partial charge >= 0.3 is 5.97 Å². The molecule has 0 spiro atoms. The molecule has 0 radical (unpaired) electrons. The van der Waals surface area contributed by atoms with Gasteiger partial charge in [-0.25, -0.2) is 17.5 Å². The Labute approximate surface area is 156 Å². The Bertz CT molecular complexity index is 1080. The number of halogens is 1. The summed E-state index contributed by atoms with van der Waals surface area (Å²) in [5, 5.41) is 9.18. The van der Waals surface area contributed by atoms with Gasteiger partial charge in [-0.2, -0.15) is 0 Å². The van der Waals surface area contributed by atoms with Crippen molar-refractivity contribution in [2.45, 2.75) is 18.2 Å². The molecule has 0 amide bonds. The highest BCUT2D eigenvalue weighted by Crippen LogP contribution is 2.43. The summed E-state index contributed by atoms with van der Waals surface area (Å²) >= 11 is 0. The molecule has 1 aliphatic carbocycles. The largest absolute Gasteiger partial charge is 0.481 e. The predicted molar refractivity (Wildman–Crippen MR) is 102 cm³/mol. The van der Waals surface area contributed by atoms with Crippen LogP contribution in [0.2, 0.25) is 0 Å². The fourth-order valence-corrected chi connectivity index (χ4v) is 3.89. The van der Waals surface area contributed by atoms with E-state index in [1.54, 1.807) is 18.2 Å². The molecule has 0 bridgehead atoms. The van der Waals surface area contributed by atoms with E-state index < -0.39 is 21.8 Å². The number of fused-ring (bicyclic) bond motifs is 1. The minimum absolute atomic E-state index is 0.153. The molecule has 7 heteroatoms. The minimum atomic E-state index is -3.52. The number of hydrogen-bond donors (Lipinski definition) is 2. The van der Waals surface area contributed by atoms with E-state index in [1.807, 2.05) is 13.0 Å². The van der Waals surface area contributed by atoms with Crippen LogP contribution >= 0.6 is 0 Å². The molecular formula is C20H18FNO4S. The molecule has 0 aromatic heterocycles. The van der Waals surface area contributed by atoms with Crippen LogP contribution in [-0.4, -0.2) is 26.5 Å². The SMILES string of the molecule is CNS(=O)(=O)c1ccc(C=C2C(C)=C(CC(=O)O)c3cc(F)ccc32)cc1. The number of nitrogens with one attached hydrogen (secondary N) is 1. The van der Waals surface area contributed by atoms with Crippen LogP contribution in [0.25, 0.3) is 17.2 Å². The molecule has 5 nitrogen and oxygen atoms in total. The fraction of sp³-hybridized carbons (Fsp3) is 0.150. The zero-order valence-corrected chi connectivity index (χ0v) is 15.6. The molecule has 140 valence electrons. The number of allylic oxidation sites excluding steroid dienone is 2. The van der Waals surface area contributed by atoms with Crippen molar-refractivity contribution >= 4 is 33.2 Å². The van der Waals surface area contributed by atoms with Crippen molar-refractivity contribution in [3.05, 3.63) is 70.5 Å². The molecule has 3 rings (SSSR count). The van der Waals surface area contributed by atoms with Gasteiger partial charge in [0.25, 0.3) is 0 Å². The van der Waals surface area contributed by atoms with Crippen LogP contribution in [0.5, 0.6) is 0 Å². The molecule has 0 saturated carbocycles. The lowest BCUT2D eigenvalue weighted by Gasteiger charge is -2.06. The molecule has 0 aliphatic heterocycles. The number of carboxylic acids is 1. The zero-order valence-electron chi connectivity index (χ0n) is 14.8. The fourth-order valence-electron chi connectivity index (χ4n) is 3.16. The number of hydrogen-bond acceptors (Lipinski definition) is 3. The number of aliphatic carboxylic acids is 1. The van der Waals surface area contributed by atoms with E-state index in [0.29, 0.717) is 11.1 Å². The first-order valence-corrected chi connectivity index (χ1v) is 9.69. The third-order valence-electron chi connectivity index (χ3n) is 4.55. The molecule has 2 aromatic rings. The van der Waals surface area contributed by atoms with Gasteiger partial charge in [-0.3, -0.25) is 4.79 Å². The third kappa shape index (κ3) is 3.70. The van der Waals surface area contributed by atoms with Crippen LogP contribution in [0, 0.1) is 5.82 Å². The van der Waals surface area contributed by atoms with E-state index in [9.17, 15) is 22.7 Å². The number of sulfonamides is 1. The number of rotatable bonds is 5. The van der Waals surface area contributed by atoms with Crippen molar-refractivity contribution < 1.29 is 22.7 Å². The summed E-state index contributed by atoms with van der Waals surface area (Å²) < 4.78 is 39.6. The predicted octanol–water partition coefficient (Wildman–Crippen LogP) is 3.54. The van der Waals surface area contributed by atoms with Crippen molar-refractivity contribution in [3.8, 4) is 0 Å². The first-order chi connectivity index (χ1) is 12.7. The van der Waals surface area contributed by atoms with E-state index in [2.05, 4.69) is 4.72 Å². The van der Waals surface area contributed by atoms with Gasteiger partial charge in [0, 0.05) is 0 Å². The lowest BCUT2D eigenvalue weighted by atomic mass is 10.0. The smallest absolute Gasteiger partial charge is 0.307 e. The molecule has 0 unspecified atom stereocenters. The Balaban J connectivity index is 2.08. The maximum absolute atomic E-state index is 13.7. The van der Waals surface area contributed by atoms with Crippen molar-refractivity contribution in [2.75, 3.05) is 7.05 Å². The van der Waals surface area contributed by atoms with Crippen LogP contribution in [-0.2, 0) is 14.8 Å². The molecule has 0 heterocycles. The quantitative estimate of drug-likeness (QED) is 0.822. The van der Waals surface area contributed by atoms with Gasteiger partial charge in [0.05, 0.1) is 11.3 Å². The molecule has 1 aliphatic rings. The lowest BCUT2D eigenvalue weighted by molar-refractivity contribution is -0.135. The first-order valence-electron chi connectivity index (χ1n) is 8.20. The number of carbonyl (C=O) groups is 1. The summed E-state index contributed by atoms with van der Waals surface area (Å²) in [5.74, 6) is -1.41. The van der Waals surface area contributed by atoms with Crippen LogP contribution in [0.1, 0.15) is 30.0 Å². The number of benzene rings is 2. The van der Waals surface area contributed by atoms with Crippen LogP contribution in [0.3, 0.4) is 0 Å². The molecule has 2 N–H and O–H groups in total. The van der Waals surface area contributed by atoms with Gasteiger partial charge < -0.3 is 5.11 Å². The van der Waals surface area contributed by atoms with Crippen molar-refractivity contribution in [3.63, 3.8) is 0 Å². The van der Waals surface area contributed by atoms with Crippen molar-refractivity contribution in [2.24, 2.45) is 0 Å². The average Bonchev–Trinajstić information content (AvgIpc) is 2.87. The van der Waals surface area contributed by atoms with Crippen LogP contribution in [0.4, 0.5) is 4.39 Å². The van der Waals surface area contributed by atoms with Gasteiger partial charge in [0.15, 0.2) is 0 Å². The van der Waals surface area contributed by atoms with Crippen LogP contribution in [0.15, 0.2) is 52.9 Å². The van der Waals surface area contributed by atoms with Crippen molar-refractivity contribution in [1.29, 1.82) is 0 Å². The van der Waals surface area contributed by atoms with E-state index in [0.717, 1.165) is 22.3 Å². The standard InChI is InChI=1S/C20H18FNO4S/c1-12-17(9-13-3-6-15(7-4-13)27(25,26)22-2)16-8-5-14(21)10-19(16)18(12)11-20(23)24/h3-10,22H,11H2,1-2H3,(H,23,24). The van der Waals surface area contributed by atoms with Gasteiger partial charge in [0.1, 0.15) is 5.82 Å². The highest BCUT2D eigenvalue weighted by Gasteiger charge is 2.25. The number of carboxylic acid groups (broad SMARTS) is 1. The van der Waals surface area contributed by atoms with E-state index in [-0.39, 0.29) is 11.3 Å². The van der Waals surface area contributed by atoms with Gasteiger partial charge in [0.2, 0.25) is 10.0 Å². The topological polar surface area (TPSA) is 83.5 Å². The second kappa shape index (κ2) is 7.09. The maximum atomic E-state index is 13.7. The lowest BCUT2D eigenvalue weighted by Crippen LogP contribution is -2.18. The molecule has 0 saturated heterocycles. The average molecular weight is 387 g/mol.